The van der Waals surface area contributed by atoms with Crippen molar-refractivity contribution in [3.8, 4) is 5.75 Å². The zero-order valence-corrected chi connectivity index (χ0v) is 14.9. The number of azide groups is 1. The summed E-state index contributed by atoms with van der Waals surface area (Å²) in [4.78, 5) is 2.86. The fourth-order valence-corrected chi connectivity index (χ4v) is 2.66. The number of hydrogen-bond donors (Lipinski definition) is 0. The van der Waals surface area contributed by atoms with E-state index in [1.54, 1.807) is 0 Å². The monoisotopic (exact) mass is 359 g/mol. The molecule has 0 aliphatic rings. The van der Waals surface area contributed by atoms with Crippen LogP contribution < -0.4 is 4.74 Å². The molecule has 0 fully saturated rings. The minimum Gasteiger partial charge on any atom is -0.489 e. The molecule has 0 aliphatic carbocycles. The molecular weight excluding hydrogens is 338 g/mol. The van der Waals surface area contributed by atoms with E-state index in [4.69, 9.17) is 15.0 Å². The van der Waals surface area contributed by atoms with Crippen LogP contribution in [-0.4, -0.2) is 6.54 Å². The lowest BCUT2D eigenvalue weighted by Gasteiger charge is -2.17. The first kappa shape index (κ1) is 18.5. The van der Waals surface area contributed by atoms with Crippen LogP contribution in [0, 0.1) is 0 Å². The number of ether oxygens (including phenoxy) is 2. The van der Waals surface area contributed by atoms with Crippen molar-refractivity contribution in [1.82, 2.24) is 0 Å². The Morgan fingerprint density at radius 1 is 0.778 bits per heavy atom. The van der Waals surface area contributed by atoms with Crippen LogP contribution in [0.15, 0.2) is 90.0 Å². The summed E-state index contributed by atoms with van der Waals surface area (Å²) in [6, 6.07) is 27.7. The van der Waals surface area contributed by atoms with Gasteiger partial charge in [0.1, 0.15) is 12.4 Å². The van der Waals surface area contributed by atoms with E-state index in [-0.39, 0.29) is 12.6 Å². The van der Waals surface area contributed by atoms with Crippen LogP contribution in [0.3, 0.4) is 0 Å². The quantitative estimate of drug-likeness (QED) is 0.274. The van der Waals surface area contributed by atoms with Gasteiger partial charge in [0.15, 0.2) is 0 Å². The lowest BCUT2D eigenvalue weighted by Crippen LogP contribution is -2.08. The molecule has 0 amide bonds. The molecule has 0 bridgehead atoms. The highest BCUT2D eigenvalue weighted by Crippen LogP contribution is 2.23. The van der Waals surface area contributed by atoms with E-state index in [1.807, 2.05) is 84.9 Å². The Kier molecular flexibility index (Phi) is 6.87. The van der Waals surface area contributed by atoms with Crippen LogP contribution in [0.2, 0.25) is 0 Å². The second kappa shape index (κ2) is 10.0. The number of nitrogens with zero attached hydrogens (tertiary/aromatic N) is 3. The lowest BCUT2D eigenvalue weighted by atomic mass is 10.1. The first-order valence-electron chi connectivity index (χ1n) is 8.78. The van der Waals surface area contributed by atoms with Crippen molar-refractivity contribution in [1.29, 1.82) is 0 Å². The molecule has 0 spiro atoms. The molecule has 3 rings (SSSR count). The highest BCUT2D eigenvalue weighted by atomic mass is 16.5. The molecule has 0 unspecified atom stereocenters. The maximum absolute atomic E-state index is 8.65. The normalized spacial score (nSPS) is 11.4. The Hall–Kier alpha value is -3.27. The Bertz CT molecular complexity index is 861. The van der Waals surface area contributed by atoms with Crippen molar-refractivity contribution in [2.24, 2.45) is 5.11 Å². The summed E-state index contributed by atoms with van der Waals surface area (Å²) in [5, 5.41) is 3.68. The summed E-state index contributed by atoms with van der Waals surface area (Å²) in [6.45, 7) is 1.22. The maximum Gasteiger partial charge on any atom is 0.119 e. The fraction of sp³-hybridized carbons (Fsp3) is 0.182. The predicted octanol–water partition coefficient (Wildman–Crippen LogP) is 5.83. The zero-order chi connectivity index (χ0) is 18.7. The molecular formula is C22H21N3O2. The van der Waals surface area contributed by atoms with Crippen LogP contribution in [0.1, 0.15) is 22.8 Å². The van der Waals surface area contributed by atoms with Crippen LogP contribution >= 0.6 is 0 Å². The van der Waals surface area contributed by atoms with Gasteiger partial charge in [-0.1, -0.05) is 77.9 Å². The summed E-state index contributed by atoms with van der Waals surface area (Å²) in [7, 11) is 0. The fourth-order valence-electron chi connectivity index (χ4n) is 2.66. The molecule has 5 heteroatoms. The minimum atomic E-state index is -0.302. The molecule has 0 aliphatic heterocycles. The predicted molar refractivity (Wildman–Crippen MR) is 105 cm³/mol. The van der Waals surface area contributed by atoms with Gasteiger partial charge in [0.25, 0.3) is 0 Å². The third kappa shape index (κ3) is 5.89. The standard InChI is InChI=1S/C22H21N3O2/c23-25-24-15-22(27-17-19-9-5-2-6-10-19)20-11-13-21(14-12-20)26-16-18-7-3-1-4-8-18/h1-14,22H,15-17H2/t22-/m0/s1. The topological polar surface area (TPSA) is 67.2 Å². The van der Waals surface area contributed by atoms with Crippen molar-refractivity contribution >= 4 is 0 Å². The summed E-state index contributed by atoms with van der Waals surface area (Å²) in [5.41, 5.74) is 11.8. The van der Waals surface area contributed by atoms with E-state index in [9.17, 15) is 0 Å². The third-order valence-electron chi connectivity index (χ3n) is 4.10. The Morgan fingerprint density at radius 3 is 1.96 bits per heavy atom. The first-order chi connectivity index (χ1) is 13.3. The molecule has 0 saturated carbocycles. The zero-order valence-electron chi connectivity index (χ0n) is 14.9. The van der Waals surface area contributed by atoms with Gasteiger partial charge in [-0.15, -0.1) is 0 Å². The molecule has 0 N–H and O–H groups in total. The van der Waals surface area contributed by atoms with Gasteiger partial charge in [0, 0.05) is 4.91 Å². The van der Waals surface area contributed by atoms with Crippen molar-refractivity contribution in [2.45, 2.75) is 19.3 Å². The first-order valence-corrected chi connectivity index (χ1v) is 8.78. The van der Waals surface area contributed by atoms with Crippen LogP contribution in [0.25, 0.3) is 10.4 Å². The maximum atomic E-state index is 8.65. The van der Waals surface area contributed by atoms with Gasteiger partial charge in [0.2, 0.25) is 0 Å². The number of rotatable bonds is 9. The summed E-state index contributed by atoms with van der Waals surface area (Å²) in [6.07, 6.45) is -0.302. The average molecular weight is 359 g/mol. The molecule has 0 saturated heterocycles. The molecule has 0 radical (unpaired) electrons. The van der Waals surface area contributed by atoms with E-state index >= 15 is 0 Å². The summed E-state index contributed by atoms with van der Waals surface area (Å²) < 4.78 is 11.8. The number of benzene rings is 3. The molecule has 3 aromatic rings. The van der Waals surface area contributed by atoms with E-state index in [0.29, 0.717) is 13.2 Å². The van der Waals surface area contributed by atoms with Gasteiger partial charge >= 0.3 is 0 Å². The molecule has 0 aromatic heterocycles. The van der Waals surface area contributed by atoms with Crippen molar-refractivity contribution in [3.63, 3.8) is 0 Å². The van der Waals surface area contributed by atoms with E-state index in [0.717, 1.165) is 22.4 Å². The van der Waals surface area contributed by atoms with Crippen LogP contribution in [0.5, 0.6) is 5.75 Å². The highest BCUT2D eigenvalue weighted by molar-refractivity contribution is 5.29. The van der Waals surface area contributed by atoms with Gasteiger partial charge < -0.3 is 9.47 Å². The van der Waals surface area contributed by atoms with Gasteiger partial charge in [0.05, 0.1) is 19.3 Å². The smallest absolute Gasteiger partial charge is 0.119 e. The van der Waals surface area contributed by atoms with Gasteiger partial charge in [-0.2, -0.15) is 0 Å². The highest BCUT2D eigenvalue weighted by Gasteiger charge is 2.12. The molecule has 27 heavy (non-hydrogen) atoms. The van der Waals surface area contributed by atoms with E-state index < -0.39 is 0 Å². The van der Waals surface area contributed by atoms with Gasteiger partial charge in [-0.3, -0.25) is 0 Å². The second-order valence-electron chi connectivity index (χ2n) is 6.04. The van der Waals surface area contributed by atoms with Crippen molar-refractivity contribution < 1.29 is 9.47 Å². The molecule has 5 nitrogen and oxygen atoms in total. The largest absolute Gasteiger partial charge is 0.489 e. The Morgan fingerprint density at radius 2 is 1.37 bits per heavy atom. The molecule has 136 valence electrons. The summed E-state index contributed by atoms with van der Waals surface area (Å²) in [5.74, 6) is 0.785. The van der Waals surface area contributed by atoms with Crippen LogP contribution in [-0.2, 0) is 18.0 Å². The van der Waals surface area contributed by atoms with E-state index in [1.165, 1.54) is 0 Å². The molecule has 3 aromatic carbocycles. The van der Waals surface area contributed by atoms with E-state index in [2.05, 4.69) is 10.0 Å². The minimum absolute atomic E-state index is 0.244. The van der Waals surface area contributed by atoms with Crippen molar-refractivity contribution in [2.75, 3.05) is 6.54 Å². The van der Waals surface area contributed by atoms with Gasteiger partial charge in [-0.05, 0) is 34.4 Å². The van der Waals surface area contributed by atoms with Crippen molar-refractivity contribution in [3.05, 3.63) is 112 Å². The SMILES string of the molecule is [N-]=[N+]=NC[C@H](OCc1ccccc1)c1ccc(OCc2ccccc2)cc1. The number of hydrogen-bond acceptors (Lipinski definition) is 3. The molecule has 0 heterocycles. The Labute approximate surface area is 158 Å². The Balaban J connectivity index is 1.62. The third-order valence-corrected chi connectivity index (χ3v) is 4.10. The van der Waals surface area contributed by atoms with Gasteiger partial charge in [-0.25, -0.2) is 0 Å². The molecule has 1 atom stereocenters. The van der Waals surface area contributed by atoms with Crippen LogP contribution in [0.4, 0.5) is 0 Å². The summed E-state index contributed by atoms with van der Waals surface area (Å²) >= 11 is 0. The lowest BCUT2D eigenvalue weighted by molar-refractivity contribution is 0.0457. The average Bonchev–Trinajstić information content (AvgIpc) is 2.74. The second-order valence-corrected chi connectivity index (χ2v) is 6.04.